The Bertz CT molecular complexity index is 602. The second kappa shape index (κ2) is 5.13. The van der Waals surface area contributed by atoms with E-state index in [-0.39, 0.29) is 5.56 Å². The Morgan fingerprint density at radius 3 is 2.58 bits per heavy atom. The van der Waals surface area contributed by atoms with Crippen molar-refractivity contribution in [1.29, 1.82) is 0 Å². The number of aryl methyl sites for hydroxylation is 1. The minimum atomic E-state index is -0.870. The first-order valence-electron chi connectivity index (χ1n) is 6.49. The largest absolute Gasteiger partial charge is 0.389 e. The fraction of sp³-hybridized carbons (Fsp3) is 0.400. The van der Waals surface area contributed by atoms with Crippen LogP contribution in [-0.2, 0) is 6.42 Å². The van der Waals surface area contributed by atoms with Crippen molar-refractivity contribution in [3.63, 3.8) is 0 Å². The summed E-state index contributed by atoms with van der Waals surface area (Å²) in [6.07, 6.45) is 0.0157. The fourth-order valence-electron chi connectivity index (χ4n) is 2.55. The zero-order chi connectivity index (χ0) is 14.2. The van der Waals surface area contributed by atoms with Gasteiger partial charge in [0.25, 0.3) is 0 Å². The van der Waals surface area contributed by atoms with Crippen molar-refractivity contribution in [3.05, 3.63) is 46.5 Å². The summed E-state index contributed by atoms with van der Waals surface area (Å²) in [5, 5.41) is 14.3. The third-order valence-electron chi connectivity index (χ3n) is 3.47. The lowest BCUT2D eigenvalue weighted by Crippen LogP contribution is -2.08. The van der Waals surface area contributed by atoms with Crippen molar-refractivity contribution in [3.8, 4) is 5.69 Å². The van der Waals surface area contributed by atoms with Crippen LogP contribution in [-0.4, -0.2) is 14.9 Å². The van der Waals surface area contributed by atoms with Crippen molar-refractivity contribution in [2.24, 2.45) is 0 Å². The van der Waals surface area contributed by atoms with Crippen LogP contribution in [0.15, 0.2) is 18.2 Å². The van der Waals surface area contributed by atoms with E-state index in [0.29, 0.717) is 5.69 Å². The molecule has 1 N–H and O–H groups in total. The number of nitrogens with zero attached hydrogens (tertiary/aromatic N) is 2. The molecule has 2 aromatic rings. The lowest BCUT2D eigenvalue weighted by atomic mass is 10.1. The van der Waals surface area contributed by atoms with Gasteiger partial charge in [0.15, 0.2) is 0 Å². The Labute approximate surface area is 112 Å². The van der Waals surface area contributed by atoms with E-state index in [2.05, 4.69) is 12.0 Å². The highest BCUT2D eigenvalue weighted by molar-refractivity contribution is 5.45. The van der Waals surface area contributed by atoms with E-state index in [1.807, 2.05) is 13.8 Å². The number of rotatable bonds is 3. The third kappa shape index (κ3) is 2.28. The molecular weight excluding hydrogens is 243 g/mol. The number of aliphatic hydroxyl groups excluding tert-OH is 1. The van der Waals surface area contributed by atoms with Crippen LogP contribution in [0.3, 0.4) is 0 Å². The first-order chi connectivity index (χ1) is 8.97. The summed E-state index contributed by atoms with van der Waals surface area (Å²) >= 11 is 0. The minimum Gasteiger partial charge on any atom is -0.389 e. The number of hydrogen-bond donors (Lipinski definition) is 1. The number of benzene rings is 1. The third-order valence-corrected chi connectivity index (χ3v) is 3.47. The molecular formula is C15H19FN2O. The van der Waals surface area contributed by atoms with Crippen LogP contribution in [0.1, 0.15) is 42.5 Å². The van der Waals surface area contributed by atoms with Crippen molar-refractivity contribution in [2.45, 2.75) is 40.2 Å². The van der Waals surface area contributed by atoms with Crippen LogP contribution in [0, 0.1) is 19.7 Å². The van der Waals surface area contributed by atoms with Crippen LogP contribution >= 0.6 is 0 Å². The zero-order valence-corrected chi connectivity index (χ0v) is 11.7. The summed E-state index contributed by atoms with van der Waals surface area (Å²) in [4.78, 5) is 0. The molecule has 4 heteroatoms. The molecule has 0 saturated carbocycles. The maximum absolute atomic E-state index is 13.9. The summed E-state index contributed by atoms with van der Waals surface area (Å²) in [5.41, 5.74) is 4.00. The van der Waals surface area contributed by atoms with Gasteiger partial charge >= 0.3 is 0 Å². The van der Waals surface area contributed by atoms with Gasteiger partial charge in [0.2, 0.25) is 0 Å². The highest BCUT2D eigenvalue weighted by Gasteiger charge is 2.18. The van der Waals surface area contributed by atoms with Crippen molar-refractivity contribution < 1.29 is 9.50 Å². The van der Waals surface area contributed by atoms with Crippen LogP contribution < -0.4 is 0 Å². The van der Waals surface area contributed by atoms with Crippen LogP contribution in [0.25, 0.3) is 5.69 Å². The highest BCUT2D eigenvalue weighted by Crippen LogP contribution is 2.27. The molecule has 1 unspecified atom stereocenters. The van der Waals surface area contributed by atoms with Crippen molar-refractivity contribution >= 4 is 0 Å². The number of aliphatic hydroxyl groups is 1. The Balaban J connectivity index is 2.69. The summed E-state index contributed by atoms with van der Waals surface area (Å²) in [6, 6.07) is 4.78. The lowest BCUT2D eigenvalue weighted by Gasteiger charge is -2.14. The second-order valence-electron chi connectivity index (χ2n) is 4.76. The monoisotopic (exact) mass is 262 g/mol. The molecule has 1 aromatic heterocycles. The second-order valence-corrected chi connectivity index (χ2v) is 4.76. The van der Waals surface area contributed by atoms with E-state index >= 15 is 0 Å². The van der Waals surface area contributed by atoms with Gasteiger partial charge in [0, 0.05) is 11.3 Å². The molecule has 0 spiro atoms. The molecule has 1 atom stereocenters. The Kier molecular flexibility index (Phi) is 3.71. The molecule has 0 amide bonds. The van der Waals surface area contributed by atoms with Crippen molar-refractivity contribution in [1.82, 2.24) is 9.78 Å². The van der Waals surface area contributed by atoms with Gasteiger partial charge in [0.1, 0.15) is 5.82 Å². The van der Waals surface area contributed by atoms with Crippen molar-refractivity contribution in [2.75, 3.05) is 0 Å². The molecule has 0 bridgehead atoms. The van der Waals surface area contributed by atoms with E-state index in [9.17, 15) is 9.50 Å². The molecule has 19 heavy (non-hydrogen) atoms. The molecule has 0 radical (unpaired) electrons. The van der Waals surface area contributed by atoms with E-state index < -0.39 is 11.9 Å². The predicted octanol–water partition coefficient (Wildman–Crippen LogP) is 3.24. The van der Waals surface area contributed by atoms with Gasteiger partial charge in [-0.3, -0.25) is 0 Å². The maximum atomic E-state index is 13.9. The van der Waals surface area contributed by atoms with Gasteiger partial charge in [-0.05, 0) is 44.9 Å². The average Bonchev–Trinajstić information content (AvgIpc) is 2.63. The predicted molar refractivity (Wildman–Crippen MR) is 73.0 cm³/mol. The number of halogens is 1. The summed E-state index contributed by atoms with van der Waals surface area (Å²) in [6.45, 7) is 7.55. The van der Waals surface area contributed by atoms with E-state index in [4.69, 9.17) is 0 Å². The standard InChI is InChI=1S/C15H19FN2O/c1-5-12-9(2)17-18(10(12)3)14-8-6-7-13(16)15(14)11(4)19/h6-8,11,19H,5H2,1-4H3. The normalized spacial score (nSPS) is 12.7. The molecule has 0 saturated heterocycles. The van der Waals surface area contributed by atoms with Crippen LogP contribution in [0.4, 0.5) is 4.39 Å². The smallest absolute Gasteiger partial charge is 0.131 e. The molecule has 1 heterocycles. The topological polar surface area (TPSA) is 38.0 Å². The molecule has 1 aromatic carbocycles. The Morgan fingerprint density at radius 2 is 2.05 bits per heavy atom. The Morgan fingerprint density at radius 1 is 1.37 bits per heavy atom. The molecule has 2 rings (SSSR count). The van der Waals surface area contributed by atoms with E-state index in [1.54, 1.807) is 23.7 Å². The van der Waals surface area contributed by atoms with Gasteiger partial charge in [-0.25, -0.2) is 9.07 Å². The van der Waals surface area contributed by atoms with Gasteiger partial charge in [-0.15, -0.1) is 0 Å². The summed E-state index contributed by atoms with van der Waals surface area (Å²) in [5.74, 6) is -0.405. The quantitative estimate of drug-likeness (QED) is 0.922. The molecule has 102 valence electrons. The highest BCUT2D eigenvalue weighted by atomic mass is 19.1. The first kappa shape index (κ1) is 13.7. The molecule has 0 aliphatic rings. The van der Waals surface area contributed by atoms with Crippen LogP contribution in [0.5, 0.6) is 0 Å². The SMILES string of the molecule is CCc1c(C)nn(-c2cccc(F)c2C(C)O)c1C. The maximum Gasteiger partial charge on any atom is 0.131 e. The van der Waals surface area contributed by atoms with Gasteiger partial charge in [0.05, 0.1) is 17.5 Å². The molecule has 0 fully saturated rings. The zero-order valence-electron chi connectivity index (χ0n) is 11.7. The fourth-order valence-corrected chi connectivity index (χ4v) is 2.55. The average molecular weight is 262 g/mol. The Hall–Kier alpha value is -1.68. The van der Waals surface area contributed by atoms with Gasteiger partial charge < -0.3 is 5.11 Å². The number of aromatic nitrogens is 2. The van der Waals surface area contributed by atoms with Gasteiger partial charge in [-0.1, -0.05) is 13.0 Å². The molecule has 0 aliphatic heterocycles. The van der Waals surface area contributed by atoms with Crippen LogP contribution in [0.2, 0.25) is 0 Å². The summed E-state index contributed by atoms with van der Waals surface area (Å²) in [7, 11) is 0. The summed E-state index contributed by atoms with van der Waals surface area (Å²) < 4.78 is 15.6. The number of hydrogen-bond acceptors (Lipinski definition) is 2. The van der Waals surface area contributed by atoms with E-state index in [0.717, 1.165) is 17.8 Å². The van der Waals surface area contributed by atoms with Gasteiger partial charge in [-0.2, -0.15) is 5.10 Å². The first-order valence-corrected chi connectivity index (χ1v) is 6.49. The molecule has 3 nitrogen and oxygen atoms in total. The minimum absolute atomic E-state index is 0.288. The molecule has 0 aliphatic carbocycles. The lowest BCUT2D eigenvalue weighted by molar-refractivity contribution is 0.193. The van der Waals surface area contributed by atoms with E-state index in [1.165, 1.54) is 11.6 Å².